The van der Waals surface area contributed by atoms with Gasteiger partial charge in [0.25, 0.3) is 0 Å². The van der Waals surface area contributed by atoms with Gasteiger partial charge < -0.3 is 13.9 Å². The summed E-state index contributed by atoms with van der Waals surface area (Å²) in [4.78, 5) is 13.6. The maximum absolute atomic E-state index is 7.15. The zero-order valence-electron chi connectivity index (χ0n) is 38.6. The molecule has 4 heterocycles. The van der Waals surface area contributed by atoms with E-state index in [4.69, 9.17) is 14.4 Å². The van der Waals surface area contributed by atoms with E-state index in [1.807, 2.05) is 0 Å². The van der Waals surface area contributed by atoms with E-state index in [9.17, 15) is 0 Å². The average molecular weight is 865 g/mol. The summed E-state index contributed by atoms with van der Waals surface area (Å²) in [6, 6.07) is 55.3. The number of furan rings is 1. The van der Waals surface area contributed by atoms with E-state index >= 15 is 0 Å². The van der Waals surface area contributed by atoms with Crippen LogP contribution in [0.5, 0.6) is 0 Å². The molecule has 0 N–H and O–H groups in total. The van der Waals surface area contributed by atoms with Crippen LogP contribution in [0.15, 0.2) is 184 Å². The third kappa shape index (κ3) is 5.09. The van der Waals surface area contributed by atoms with Crippen molar-refractivity contribution < 1.29 is 4.42 Å². The van der Waals surface area contributed by atoms with Crippen molar-refractivity contribution in [2.45, 2.75) is 51.9 Å². The summed E-state index contributed by atoms with van der Waals surface area (Å²) >= 11 is 0. The number of fused-ring (bicyclic) bond motifs is 13. The number of rotatable bonds is 4. The number of para-hydroxylation sites is 2. The topological polar surface area (TPSA) is 46.0 Å². The lowest BCUT2D eigenvalue weighted by Crippen LogP contribution is -2.38. The van der Waals surface area contributed by atoms with Gasteiger partial charge in [-0.15, -0.1) is 0 Å². The lowest BCUT2D eigenvalue weighted by Gasteiger charge is -2.28. The van der Waals surface area contributed by atoms with Gasteiger partial charge >= 0.3 is 0 Å². The summed E-state index contributed by atoms with van der Waals surface area (Å²) < 4.78 is 9.52. The van der Waals surface area contributed by atoms with Gasteiger partial charge in [-0.2, -0.15) is 0 Å². The monoisotopic (exact) mass is 864 g/mol. The average Bonchev–Trinajstić information content (AvgIpc) is 4.11. The molecule has 2 aliphatic heterocycles. The summed E-state index contributed by atoms with van der Waals surface area (Å²) in [5, 5.41) is 4.44. The second-order valence-electron chi connectivity index (χ2n) is 20.2. The number of nitrogens with zero attached hydrogens (tertiary/aromatic N) is 4. The molecule has 0 spiro atoms. The van der Waals surface area contributed by atoms with Gasteiger partial charge in [0.2, 0.25) is 0 Å². The molecule has 0 amide bonds. The zero-order chi connectivity index (χ0) is 45.1. The summed E-state index contributed by atoms with van der Waals surface area (Å²) in [7, 11) is 2.14. The van der Waals surface area contributed by atoms with Crippen molar-refractivity contribution in [2.75, 3.05) is 7.05 Å². The van der Waals surface area contributed by atoms with E-state index in [0.29, 0.717) is 5.84 Å². The molecule has 4 bridgehead atoms. The molecular formula is C62H48N4O. The normalized spacial score (nSPS) is 19.9. The summed E-state index contributed by atoms with van der Waals surface area (Å²) in [5.74, 6) is 2.41. The minimum absolute atomic E-state index is 0.167. The van der Waals surface area contributed by atoms with Gasteiger partial charge in [0.05, 0.1) is 16.3 Å². The minimum Gasteiger partial charge on any atom is -0.456 e. The Balaban J connectivity index is 1.08. The molecule has 7 aromatic carbocycles. The lowest BCUT2D eigenvalue weighted by molar-refractivity contribution is 0.552. The maximum Gasteiger partial charge on any atom is 0.164 e. The SMILES string of the molecule is CCC12C=C3C(=C1)C(C)(C)c1cccc(c13)C1=NC(c3cccc4c3-c3ccccc3C4(C)C)=N/C(=c3/c(oc4ccc(-c5ccc6c(c5)c5ccccc5n6-c5ccccc5)cc34)=C2)N1C. The second kappa shape index (κ2) is 13.2. The molecule has 5 nitrogen and oxygen atoms in total. The quantitative estimate of drug-likeness (QED) is 0.177. The second-order valence-corrected chi connectivity index (χ2v) is 20.2. The van der Waals surface area contributed by atoms with Gasteiger partial charge in [-0.1, -0.05) is 156 Å². The van der Waals surface area contributed by atoms with E-state index in [1.54, 1.807) is 0 Å². The van der Waals surface area contributed by atoms with Crippen molar-refractivity contribution in [1.82, 2.24) is 9.47 Å². The highest BCUT2D eigenvalue weighted by atomic mass is 16.3. The molecule has 14 rings (SSSR count). The Labute approximate surface area is 389 Å². The Bertz CT molecular complexity index is 3980. The Kier molecular flexibility index (Phi) is 7.58. The molecule has 1 unspecified atom stereocenters. The number of benzene rings is 7. The number of aliphatic imine (C=N–C) groups is 2. The van der Waals surface area contributed by atoms with Crippen molar-refractivity contribution in [3.8, 4) is 27.9 Å². The molecule has 5 aliphatic rings. The third-order valence-corrected chi connectivity index (χ3v) is 15.9. The van der Waals surface area contributed by atoms with Crippen LogP contribution in [-0.2, 0) is 10.8 Å². The van der Waals surface area contributed by atoms with Crippen LogP contribution in [0.4, 0.5) is 0 Å². The molecule has 0 radical (unpaired) electrons. The number of aromatic nitrogens is 1. The van der Waals surface area contributed by atoms with E-state index in [0.717, 1.165) is 67.6 Å². The van der Waals surface area contributed by atoms with Crippen LogP contribution in [0.1, 0.15) is 74.4 Å². The van der Waals surface area contributed by atoms with Crippen LogP contribution in [0.2, 0.25) is 0 Å². The summed E-state index contributed by atoms with van der Waals surface area (Å²) in [6.07, 6.45) is 8.30. The Morgan fingerprint density at radius 2 is 1.22 bits per heavy atom. The van der Waals surface area contributed by atoms with Gasteiger partial charge in [0.1, 0.15) is 22.7 Å². The molecule has 1 atom stereocenters. The highest BCUT2D eigenvalue weighted by Gasteiger charge is 2.47. The van der Waals surface area contributed by atoms with Gasteiger partial charge in [-0.05, 0) is 111 Å². The van der Waals surface area contributed by atoms with Crippen LogP contribution in [0, 0.1) is 5.41 Å². The van der Waals surface area contributed by atoms with Gasteiger partial charge in [-0.25, -0.2) is 9.98 Å². The fourth-order valence-corrected chi connectivity index (χ4v) is 12.4. The molecule has 9 aromatic rings. The van der Waals surface area contributed by atoms with E-state index in [2.05, 4.69) is 221 Å². The Morgan fingerprint density at radius 3 is 2.04 bits per heavy atom. The van der Waals surface area contributed by atoms with E-state index in [1.165, 1.54) is 66.3 Å². The molecular weight excluding hydrogens is 817 g/mol. The highest BCUT2D eigenvalue weighted by Crippen LogP contribution is 2.58. The fraction of sp³-hybridized carbons (Fsp3) is 0.161. The first-order chi connectivity index (χ1) is 32.5. The molecule has 3 aliphatic carbocycles. The first-order valence-corrected chi connectivity index (χ1v) is 23.7. The van der Waals surface area contributed by atoms with Crippen LogP contribution < -0.4 is 10.6 Å². The standard InChI is InChI=1S/C62H48N4O/c1-7-62-33-45-49(34-62)61(4,5)48-25-16-22-42(55(45)48)58-63-57(41-21-15-24-47-54(41)40-20-11-13-23-46(40)60(47,2)3)64-59(65(58)6)56-44-32-37(28-30-52(44)67-53(56)35-62)36-27-29-51-43(31-36)39-19-12-14-26-50(39)66(51)38-17-9-8-10-18-38/h8-35H,7H2,1-6H3/b53-35?,59-56-. The molecule has 0 fully saturated rings. The summed E-state index contributed by atoms with van der Waals surface area (Å²) in [5.41, 5.74) is 19.2. The van der Waals surface area contributed by atoms with Gasteiger partial charge in [0.15, 0.2) is 5.84 Å². The minimum atomic E-state index is -0.363. The Hall–Kier alpha value is -7.76. The first kappa shape index (κ1) is 38.5. The third-order valence-electron chi connectivity index (χ3n) is 15.9. The first-order valence-electron chi connectivity index (χ1n) is 23.7. The molecule has 322 valence electrons. The van der Waals surface area contributed by atoms with Crippen molar-refractivity contribution in [3.63, 3.8) is 0 Å². The van der Waals surface area contributed by atoms with E-state index in [-0.39, 0.29) is 16.2 Å². The van der Waals surface area contributed by atoms with Crippen LogP contribution in [0.3, 0.4) is 0 Å². The molecule has 0 saturated carbocycles. The van der Waals surface area contributed by atoms with Gasteiger partial charge in [-0.3, -0.25) is 0 Å². The van der Waals surface area contributed by atoms with Crippen LogP contribution in [-0.4, -0.2) is 28.2 Å². The van der Waals surface area contributed by atoms with Crippen LogP contribution in [0.25, 0.3) is 78.2 Å². The number of hydrogen-bond acceptors (Lipinski definition) is 4. The predicted molar refractivity (Wildman–Crippen MR) is 276 cm³/mol. The van der Waals surface area contributed by atoms with Crippen molar-refractivity contribution in [2.24, 2.45) is 15.4 Å². The number of hydrogen-bond donors (Lipinski definition) is 0. The van der Waals surface area contributed by atoms with Gasteiger partial charge in [0, 0.05) is 56.3 Å². The molecule has 67 heavy (non-hydrogen) atoms. The maximum atomic E-state index is 7.15. The molecule has 0 saturated heterocycles. The molecule has 5 heteroatoms. The van der Waals surface area contributed by atoms with Crippen molar-refractivity contribution in [1.29, 1.82) is 0 Å². The number of allylic oxidation sites excluding steroid dienone is 4. The van der Waals surface area contributed by atoms with Crippen molar-refractivity contribution >= 4 is 61.9 Å². The predicted octanol–water partition coefficient (Wildman–Crippen LogP) is 13.2. The highest BCUT2D eigenvalue weighted by molar-refractivity contribution is 6.21. The Morgan fingerprint density at radius 1 is 0.552 bits per heavy atom. The fourth-order valence-electron chi connectivity index (χ4n) is 12.4. The van der Waals surface area contributed by atoms with E-state index < -0.39 is 0 Å². The largest absolute Gasteiger partial charge is 0.456 e. The number of amidine groups is 2. The lowest BCUT2D eigenvalue weighted by atomic mass is 9.79. The zero-order valence-corrected chi connectivity index (χ0v) is 38.6. The van der Waals surface area contributed by atoms with Crippen molar-refractivity contribution in [3.05, 3.63) is 213 Å². The molecule has 2 aromatic heterocycles. The summed E-state index contributed by atoms with van der Waals surface area (Å²) in [6.45, 7) is 11.7. The van der Waals surface area contributed by atoms with Crippen LogP contribution >= 0.6 is 0 Å². The smallest absolute Gasteiger partial charge is 0.164 e.